The summed E-state index contributed by atoms with van der Waals surface area (Å²) in [6.45, 7) is 12.5. The van der Waals surface area contributed by atoms with Crippen molar-refractivity contribution in [2.24, 2.45) is 28.6 Å². The van der Waals surface area contributed by atoms with Gasteiger partial charge in [0.2, 0.25) is 0 Å². The molecule has 0 spiro atoms. The number of rotatable bonds is 11. The number of esters is 6. The van der Waals surface area contributed by atoms with Crippen LogP contribution in [0.15, 0.2) is 0 Å². The standard InChI is InChI=1S/2C16H24O6/c1-5-16(3,4)15(19)20-8-12(17)22-13-9(2)6-10-7-11(13)21-14(10)18;1-4-16(2,3)15(19)20-8-7-13(17)21-11-6-5-10-9-12(11)22-14(10)18/h9-11,13H,5-8H2,1-4H3;10-12H,4-9H2,1-3H3. The Hall–Kier alpha value is -3.18. The number of hydrogen-bond acceptors (Lipinski definition) is 12. The Morgan fingerprint density at radius 2 is 1.32 bits per heavy atom. The summed E-state index contributed by atoms with van der Waals surface area (Å²) in [6, 6.07) is 0. The SMILES string of the molecule is CCC(C)(C)C(=O)OCC(=O)OC1C(C)CC2CC1OC2=O.CCC(C)(C)C(=O)OCCC(=O)OC1CCC2CC1OC2=O. The second kappa shape index (κ2) is 14.7. The number of hydrogen-bond donors (Lipinski definition) is 0. The highest BCUT2D eigenvalue weighted by atomic mass is 16.6. The zero-order valence-corrected chi connectivity index (χ0v) is 27.0. The lowest BCUT2D eigenvalue weighted by atomic mass is 9.81. The van der Waals surface area contributed by atoms with Gasteiger partial charge in [-0.05, 0) is 65.7 Å². The van der Waals surface area contributed by atoms with Crippen molar-refractivity contribution in [3.8, 4) is 0 Å². The smallest absolute Gasteiger partial charge is 0.344 e. The van der Waals surface area contributed by atoms with Crippen LogP contribution >= 0.6 is 0 Å². The Balaban J connectivity index is 0.000000240. The van der Waals surface area contributed by atoms with Crippen LogP contribution in [0.1, 0.15) is 99.8 Å². The molecule has 4 aliphatic rings. The maximum Gasteiger partial charge on any atom is 0.344 e. The van der Waals surface area contributed by atoms with Crippen LogP contribution in [-0.4, -0.2) is 73.4 Å². The lowest BCUT2D eigenvalue weighted by Crippen LogP contribution is -2.40. The van der Waals surface area contributed by atoms with Crippen molar-refractivity contribution in [2.45, 2.75) is 124 Å². The van der Waals surface area contributed by atoms with E-state index < -0.39 is 41.4 Å². The number of ether oxygens (including phenoxy) is 6. The Bertz CT molecular complexity index is 1090. The molecule has 0 amide bonds. The zero-order valence-electron chi connectivity index (χ0n) is 27.0. The monoisotopic (exact) mass is 624 g/mol. The zero-order chi connectivity index (χ0) is 32.8. The average Bonchev–Trinajstić information content (AvgIpc) is 3.45. The fourth-order valence-electron chi connectivity index (χ4n) is 5.47. The molecule has 7 unspecified atom stereocenters. The van der Waals surface area contributed by atoms with Crippen LogP contribution in [0.5, 0.6) is 0 Å². The topological polar surface area (TPSA) is 158 Å². The van der Waals surface area contributed by atoms with Gasteiger partial charge in [-0.2, -0.15) is 0 Å². The molecule has 0 aromatic carbocycles. The minimum atomic E-state index is -0.618. The fourth-order valence-corrected chi connectivity index (χ4v) is 5.47. The molecule has 2 saturated heterocycles. The van der Waals surface area contributed by atoms with Crippen LogP contribution in [0, 0.1) is 28.6 Å². The van der Waals surface area contributed by atoms with E-state index in [0.717, 1.165) is 0 Å². The molecular weight excluding hydrogens is 576 g/mol. The van der Waals surface area contributed by atoms with Gasteiger partial charge in [-0.1, -0.05) is 20.8 Å². The van der Waals surface area contributed by atoms with Crippen molar-refractivity contribution in [3.63, 3.8) is 0 Å². The van der Waals surface area contributed by atoms with Gasteiger partial charge in [-0.15, -0.1) is 0 Å². The minimum absolute atomic E-state index is 0.0148. The van der Waals surface area contributed by atoms with E-state index >= 15 is 0 Å². The minimum Gasteiger partial charge on any atom is -0.465 e. The molecule has 4 bridgehead atoms. The average molecular weight is 625 g/mol. The van der Waals surface area contributed by atoms with Crippen molar-refractivity contribution in [1.82, 2.24) is 0 Å². The van der Waals surface area contributed by atoms with Crippen molar-refractivity contribution in [2.75, 3.05) is 13.2 Å². The van der Waals surface area contributed by atoms with E-state index in [1.54, 1.807) is 27.7 Å². The van der Waals surface area contributed by atoms with E-state index in [1.165, 1.54) is 0 Å². The highest BCUT2D eigenvalue weighted by Crippen LogP contribution is 2.39. The van der Waals surface area contributed by atoms with Crippen LogP contribution in [0.3, 0.4) is 0 Å². The first-order chi connectivity index (χ1) is 20.6. The second-order valence-corrected chi connectivity index (χ2v) is 13.5. The maximum absolute atomic E-state index is 11.9. The Morgan fingerprint density at radius 1 is 0.750 bits per heavy atom. The van der Waals surface area contributed by atoms with Crippen LogP contribution in [0.25, 0.3) is 0 Å². The quantitative estimate of drug-likeness (QED) is 0.242. The maximum atomic E-state index is 11.9. The van der Waals surface area contributed by atoms with Crippen LogP contribution in [-0.2, 0) is 57.2 Å². The lowest BCUT2D eigenvalue weighted by molar-refractivity contribution is -0.174. The van der Waals surface area contributed by atoms with Crippen molar-refractivity contribution >= 4 is 35.8 Å². The Kier molecular flexibility index (Phi) is 11.8. The van der Waals surface area contributed by atoms with Gasteiger partial charge < -0.3 is 28.4 Å². The number of fused-ring (bicyclic) bond motifs is 4. The normalized spacial score (nSPS) is 28.9. The Morgan fingerprint density at radius 3 is 1.95 bits per heavy atom. The molecule has 12 nitrogen and oxygen atoms in total. The first-order valence-corrected chi connectivity index (χ1v) is 15.7. The summed E-state index contributed by atoms with van der Waals surface area (Å²) in [5.74, 6) is -2.18. The largest absolute Gasteiger partial charge is 0.465 e. The van der Waals surface area contributed by atoms with Crippen LogP contribution < -0.4 is 0 Å². The van der Waals surface area contributed by atoms with Gasteiger partial charge in [-0.3, -0.25) is 24.0 Å². The van der Waals surface area contributed by atoms with E-state index in [9.17, 15) is 28.8 Å². The van der Waals surface area contributed by atoms with Gasteiger partial charge in [0.15, 0.2) is 6.61 Å². The first-order valence-electron chi connectivity index (χ1n) is 15.7. The molecule has 2 heterocycles. The molecule has 7 atom stereocenters. The molecule has 4 rings (SSSR count). The van der Waals surface area contributed by atoms with E-state index in [4.69, 9.17) is 28.4 Å². The van der Waals surface area contributed by atoms with Gasteiger partial charge in [0.1, 0.15) is 31.0 Å². The molecule has 12 heteroatoms. The summed E-state index contributed by atoms with van der Waals surface area (Å²) >= 11 is 0. The van der Waals surface area contributed by atoms with Crippen LogP contribution in [0.4, 0.5) is 0 Å². The fraction of sp³-hybridized carbons (Fsp3) is 0.812. The molecule has 0 N–H and O–H groups in total. The molecule has 0 radical (unpaired) electrons. The van der Waals surface area contributed by atoms with E-state index in [2.05, 4.69) is 0 Å². The first kappa shape index (κ1) is 35.3. The third-order valence-corrected chi connectivity index (χ3v) is 9.32. The summed E-state index contributed by atoms with van der Waals surface area (Å²) < 4.78 is 31.3. The summed E-state index contributed by atoms with van der Waals surface area (Å²) in [4.78, 5) is 70.3. The summed E-state index contributed by atoms with van der Waals surface area (Å²) in [6.07, 6.45) is 3.08. The summed E-state index contributed by atoms with van der Waals surface area (Å²) in [5.41, 5.74) is -1.16. The van der Waals surface area contributed by atoms with Gasteiger partial charge in [0, 0.05) is 12.8 Å². The van der Waals surface area contributed by atoms with Gasteiger partial charge in [-0.25, -0.2) is 4.79 Å². The molecule has 2 saturated carbocycles. The molecular formula is C32H48O12. The van der Waals surface area contributed by atoms with Crippen molar-refractivity contribution in [1.29, 1.82) is 0 Å². The summed E-state index contributed by atoms with van der Waals surface area (Å²) in [7, 11) is 0. The molecule has 44 heavy (non-hydrogen) atoms. The van der Waals surface area contributed by atoms with Crippen molar-refractivity contribution in [3.05, 3.63) is 0 Å². The molecule has 2 aliphatic heterocycles. The van der Waals surface area contributed by atoms with Gasteiger partial charge in [0.05, 0.1) is 29.1 Å². The molecule has 4 fully saturated rings. The van der Waals surface area contributed by atoms with E-state index in [1.807, 2.05) is 20.8 Å². The third kappa shape index (κ3) is 8.94. The van der Waals surface area contributed by atoms with Gasteiger partial charge in [0.25, 0.3) is 0 Å². The third-order valence-electron chi connectivity index (χ3n) is 9.32. The van der Waals surface area contributed by atoms with Crippen LogP contribution in [0.2, 0.25) is 0 Å². The predicted octanol–water partition coefficient (Wildman–Crippen LogP) is 3.84. The van der Waals surface area contributed by atoms with E-state index in [-0.39, 0.29) is 67.0 Å². The van der Waals surface area contributed by atoms with Crippen molar-refractivity contribution < 1.29 is 57.2 Å². The summed E-state index contributed by atoms with van der Waals surface area (Å²) in [5, 5.41) is 0. The highest BCUT2D eigenvalue weighted by Gasteiger charge is 2.49. The lowest BCUT2D eigenvalue weighted by Gasteiger charge is -2.31. The Labute approximate surface area is 259 Å². The number of carbonyl (C=O) groups is 6. The second-order valence-electron chi connectivity index (χ2n) is 13.5. The molecule has 0 aromatic heterocycles. The molecule has 0 aromatic rings. The molecule has 2 aliphatic carbocycles. The highest BCUT2D eigenvalue weighted by molar-refractivity contribution is 5.80. The number of carbonyl (C=O) groups excluding carboxylic acids is 6. The van der Waals surface area contributed by atoms with Gasteiger partial charge >= 0.3 is 35.8 Å². The molecule has 248 valence electrons. The predicted molar refractivity (Wildman–Crippen MR) is 153 cm³/mol. The van der Waals surface area contributed by atoms with E-state index in [0.29, 0.717) is 44.9 Å².